The van der Waals surface area contributed by atoms with Gasteiger partial charge in [-0.3, -0.25) is 9.59 Å². The van der Waals surface area contributed by atoms with Gasteiger partial charge in [0.1, 0.15) is 0 Å². The second kappa shape index (κ2) is 8.88. The van der Waals surface area contributed by atoms with Crippen LogP contribution in [0.4, 0.5) is 14.5 Å². The summed E-state index contributed by atoms with van der Waals surface area (Å²) in [5.74, 6) is -2.37. The van der Waals surface area contributed by atoms with Crippen LogP contribution in [-0.2, 0) is 11.3 Å². The highest BCUT2D eigenvalue weighted by Crippen LogP contribution is 2.19. The first kappa shape index (κ1) is 19.9. The number of carbonyl (C=O) groups is 1. The van der Waals surface area contributed by atoms with Crippen molar-refractivity contribution in [1.29, 1.82) is 0 Å². The zero-order valence-corrected chi connectivity index (χ0v) is 16.2. The van der Waals surface area contributed by atoms with Gasteiger partial charge in [0.05, 0.1) is 5.69 Å². The average Bonchev–Trinajstić information content (AvgIpc) is 2.67. The molecule has 0 atom stereocenters. The summed E-state index contributed by atoms with van der Waals surface area (Å²) in [4.78, 5) is 24.0. The van der Waals surface area contributed by atoms with Crippen LogP contribution in [0, 0.1) is 11.6 Å². The first-order valence-corrected chi connectivity index (χ1v) is 9.31. The monoisotopic (exact) mass is 447 g/mol. The number of nitrogens with zero attached hydrogens (tertiary/aromatic N) is 2. The van der Waals surface area contributed by atoms with Crippen LogP contribution in [-0.4, -0.2) is 15.7 Å². The molecule has 28 heavy (non-hydrogen) atoms. The van der Waals surface area contributed by atoms with Gasteiger partial charge in [0.2, 0.25) is 5.91 Å². The molecule has 3 rings (SSSR count). The van der Waals surface area contributed by atoms with Gasteiger partial charge in [-0.2, -0.15) is 5.10 Å². The highest BCUT2D eigenvalue weighted by Gasteiger charge is 2.08. The molecule has 1 N–H and O–H groups in total. The molecule has 1 aromatic heterocycles. The van der Waals surface area contributed by atoms with Gasteiger partial charge in [-0.1, -0.05) is 28.1 Å². The maximum absolute atomic E-state index is 13.2. The zero-order chi connectivity index (χ0) is 20.1. The van der Waals surface area contributed by atoms with Gasteiger partial charge in [0.15, 0.2) is 11.6 Å². The Labute approximate surface area is 168 Å². The Morgan fingerprint density at radius 3 is 2.50 bits per heavy atom. The molecular weight excluding hydrogens is 432 g/mol. The molecule has 1 amide bonds. The Bertz CT molecular complexity index is 1050. The first-order valence-electron chi connectivity index (χ1n) is 8.51. The lowest BCUT2D eigenvalue weighted by Gasteiger charge is -2.08. The smallest absolute Gasteiger partial charge is 0.266 e. The topological polar surface area (TPSA) is 64.0 Å². The van der Waals surface area contributed by atoms with Crippen LogP contribution in [0.25, 0.3) is 11.3 Å². The molecule has 0 aliphatic carbocycles. The molecule has 0 saturated carbocycles. The van der Waals surface area contributed by atoms with Crippen molar-refractivity contribution in [3.63, 3.8) is 0 Å². The summed E-state index contributed by atoms with van der Waals surface area (Å²) in [6, 6.07) is 13.8. The molecule has 5 nitrogen and oxygen atoms in total. The fraction of sp³-hybridized carbons (Fsp3) is 0.150. The van der Waals surface area contributed by atoms with E-state index in [0.29, 0.717) is 12.1 Å². The summed E-state index contributed by atoms with van der Waals surface area (Å²) < 4.78 is 28.3. The minimum atomic E-state index is -1.03. The van der Waals surface area contributed by atoms with Crippen LogP contribution >= 0.6 is 15.9 Å². The normalized spacial score (nSPS) is 10.7. The van der Waals surface area contributed by atoms with Crippen LogP contribution in [0.5, 0.6) is 0 Å². The molecule has 0 bridgehead atoms. The van der Waals surface area contributed by atoms with E-state index in [1.807, 2.05) is 24.3 Å². The van der Waals surface area contributed by atoms with Crippen molar-refractivity contribution in [2.24, 2.45) is 0 Å². The quantitative estimate of drug-likeness (QED) is 0.609. The number of benzene rings is 2. The fourth-order valence-electron chi connectivity index (χ4n) is 2.57. The van der Waals surface area contributed by atoms with E-state index in [1.165, 1.54) is 16.8 Å². The van der Waals surface area contributed by atoms with E-state index in [-0.39, 0.29) is 30.1 Å². The van der Waals surface area contributed by atoms with Crippen LogP contribution in [0.3, 0.4) is 0 Å². The fourth-order valence-corrected chi connectivity index (χ4v) is 2.83. The van der Waals surface area contributed by atoms with Gasteiger partial charge in [0.25, 0.3) is 5.56 Å². The van der Waals surface area contributed by atoms with Crippen LogP contribution in [0.2, 0.25) is 0 Å². The number of hydrogen-bond donors (Lipinski definition) is 1. The molecule has 0 fully saturated rings. The Morgan fingerprint density at radius 1 is 1.04 bits per heavy atom. The van der Waals surface area contributed by atoms with Crippen LogP contribution in [0.1, 0.15) is 12.8 Å². The number of nitrogens with one attached hydrogen (secondary N) is 1. The largest absolute Gasteiger partial charge is 0.326 e. The number of hydrogen-bond acceptors (Lipinski definition) is 3. The van der Waals surface area contributed by atoms with Crippen molar-refractivity contribution in [3.8, 4) is 11.3 Å². The van der Waals surface area contributed by atoms with E-state index in [2.05, 4.69) is 26.3 Å². The van der Waals surface area contributed by atoms with Gasteiger partial charge >= 0.3 is 0 Å². The van der Waals surface area contributed by atoms with Crippen molar-refractivity contribution < 1.29 is 13.6 Å². The second-order valence-corrected chi connectivity index (χ2v) is 6.98. The Balaban J connectivity index is 1.60. The van der Waals surface area contributed by atoms with Crippen LogP contribution in [0.15, 0.2) is 63.9 Å². The minimum Gasteiger partial charge on any atom is -0.326 e. The summed E-state index contributed by atoms with van der Waals surface area (Å²) >= 11 is 3.37. The number of anilines is 1. The van der Waals surface area contributed by atoms with E-state index in [0.717, 1.165) is 22.2 Å². The summed E-state index contributed by atoms with van der Waals surface area (Å²) in [6.07, 6.45) is 0.474. The van der Waals surface area contributed by atoms with Gasteiger partial charge < -0.3 is 5.32 Å². The van der Waals surface area contributed by atoms with Crippen molar-refractivity contribution in [1.82, 2.24) is 9.78 Å². The van der Waals surface area contributed by atoms with Crippen molar-refractivity contribution in [2.45, 2.75) is 19.4 Å². The standard InChI is InChI=1S/C20H16BrF2N3O2/c21-14-5-3-13(4-6-14)18-9-10-20(28)26(25-18)11-1-2-19(27)24-15-7-8-16(22)17(23)12-15/h3-10,12H,1-2,11H2,(H,24,27). The third-order valence-electron chi connectivity index (χ3n) is 3.98. The first-order chi connectivity index (χ1) is 13.4. The molecule has 8 heteroatoms. The number of rotatable bonds is 6. The molecule has 0 spiro atoms. The third-order valence-corrected chi connectivity index (χ3v) is 4.51. The lowest BCUT2D eigenvalue weighted by atomic mass is 10.1. The average molecular weight is 448 g/mol. The molecule has 0 aliphatic heterocycles. The minimum absolute atomic E-state index is 0.107. The number of aromatic nitrogens is 2. The van der Waals surface area contributed by atoms with Crippen molar-refractivity contribution in [3.05, 3.63) is 81.1 Å². The van der Waals surface area contributed by atoms with Gasteiger partial charge in [-0.25, -0.2) is 13.5 Å². The van der Waals surface area contributed by atoms with E-state index in [9.17, 15) is 18.4 Å². The third kappa shape index (κ3) is 5.10. The molecule has 2 aromatic carbocycles. The molecule has 1 heterocycles. The van der Waals surface area contributed by atoms with E-state index in [1.54, 1.807) is 6.07 Å². The second-order valence-electron chi connectivity index (χ2n) is 6.07. The molecule has 144 valence electrons. The van der Waals surface area contributed by atoms with Gasteiger partial charge in [-0.15, -0.1) is 0 Å². The Hall–Kier alpha value is -2.87. The van der Waals surface area contributed by atoms with Gasteiger partial charge in [-0.05, 0) is 36.8 Å². The van der Waals surface area contributed by atoms with Crippen LogP contribution < -0.4 is 10.9 Å². The maximum Gasteiger partial charge on any atom is 0.266 e. The van der Waals surface area contributed by atoms with Crippen molar-refractivity contribution in [2.75, 3.05) is 5.32 Å². The lowest BCUT2D eigenvalue weighted by molar-refractivity contribution is -0.116. The number of carbonyl (C=O) groups excluding carboxylic acids is 1. The molecule has 0 saturated heterocycles. The number of amides is 1. The summed E-state index contributed by atoms with van der Waals surface area (Å²) in [7, 11) is 0. The summed E-state index contributed by atoms with van der Waals surface area (Å²) in [6.45, 7) is 0.258. The SMILES string of the molecule is O=C(CCCn1nc(-c2ccc(Br)cc2)ccc1=O)Nc1ccc(F)c(F)c1. The predicted octanol–water partition coefficient (Wildman–Crippen LogP) is 4.37. The Kier molecular flexibility index (Phi) is 6.30. The highest BCUT2D eigenvalue weighted by atomic mass is 79.9. The summed E-state index contributed by atoms with van der Waals surface area (Å²) in [5.41, 5.74) is 1.43. The van der Waals surface area contributed by atoms with E-state index in [4.69, 9.17) is 0 Å². The van der Waals surface area contributed by atoms with Gasteiger partial charge in [0, 0.05) is 40.8 Å². The Morgan fingerprint density at radius 2 is 1.79 bits per heavy atom. The molecular formula is C20H16BrF2N3O2. The molecule has 0 radical (unpaired) electrons. The number of halogens is 3. The predicted molar refractivity (Wildman–Crippen MR) is 106 cm³/mol. The number of aryl methyl sites for hydroxylation is 1. The highest BCUT2D eigenvalue weighted by molar-refractivity contribution is 9.10. The summed E-state index contributed by atoms with van der Waals surface area (Å²) in [5, 5.41) is 6.84. The zero-order valence-electron chi connectivity index (χ0n) is 14.7. The van der Waals surface area contributed by atoms with Crippen molar-refractivity contribution >= 4 is 27.5 Å². The molecule has 0 unspecified atom stereocenters. The molecule has 3 aromatic rings. The van der Waals surface area contributed by atoms with E-state index >= 15 is 0 Å². The lowest BCUT2D eigenvalue weighted by Crippen LogP contribution is -2.23. The maximum atomic E-state index is 13.2. The van der Waals surface area contributed by atoms with E-state index < -0.39 is 11.6 Å². The molecule has 0 aliphatic rings.